The maximum absolute atomic E-state index is 12.8. The number of ether oxygens (including phenoxy) is 1. The molecule has 10 heteroatoms. The van der Waals surface area contributed by atoms with Crippen molar-refractivity contribution in [3.8, 4) is 22.8 Å². The second-order valence-corrected chi connectivity index (χ2v) is 8.32. The molecule has 0 unspecified atom stereocenters. The Kier molecular flexibility index (Phi) is 5.52. The second-order valence-electron chi connectivity index (χ2n) is 8.32. The number of carbonyl (C=O) groups is 1. The predicted octanol–water partition coefficient (Wildman–Crippen LogP) is 2.60. The summed E-state index contributed by atoms with van der Waals surface area (Å²) >= 11 is 0. The van der Waals surface area contributed by atoms with Gasteiger partial charge in [0, 0.05) is 24.9 Å². The van der Waals surface area contributed by atoms with Gasteiger partial charge in [-0.3, -0.25) is 14.8 Å². The Morgan fingerprint density at radius 3 is 2.69 bits per heavy atom. The molecule has 0 spiro atoms. The molecule has 1 aliphatic heterocycles. The molecule has 1 fully saturated rings. The van der Waals surface area contributed by atoms with Gasteiger partial charge in [0.05, 0.1) is 24.5 Å². The van der Waals surface area contributed by atoms with E-state index in [1.165, 1.54) is 6.33 Å². The number of amides is 1. The van der Waals surface area contributed by atoms with Crippen molar-refractivity contribution in [1.82, 2.24) is 30.1 Å². The van der Waals surface area contributed by atoms with Crippen molar-refractivity contribution in [1.29, 1.82) is 0 Å². The molecule has 0 bridgehead atoms. The van der Waals surface area contributed by atoms with E-state index in [1.807, 2.05) is 19.1 Å². The lowest BCUT2D eigenvalue weighted by Crippen LogP contribution is -2.44. The molecule has 10 nitrogen and oxygen atoms in total. The summed E-state index contributed by atoms with van der Waals surface area (Å²) in [4.78, 5) is 32.8. The molecule has 5 rings (SSSR count). The van der Waals surface area contributed by atoms with Gasteiger partial charge in [0.1, 0.15) is 12.0 Å². The van der Waals surface area contributed by atoms with Crippen LogP contribution in [-0.2, 0) is 9.53 Å². The van der Waals surface area contributed by atoms with E-state index in [4.69, 9.17) is 9.72 Å². The fourth-order valence-corrected chi connectivity index (χ4v) is 4.48. The maximum atomic E-state index is 12.8. The van der Waals surface area contributed by atoms with Crippen LogP contribution >= 0.6 is 0 Å². The average molecular weight is 435 g/mol. The lowest BCUT2D eigenvalue weighted by Gasteiger charge is -2.34. The number of aromatic nitrogens is 6. The van der Waals surface area contributed by atoms with Gasteiger partial charge in [0.2, 0.25) is 5.91 Å². The van der Waals surface area contributed by atoms with Gasteiger partial charge in [-0.15, -0.1) is 0 Å². The number of nitrogens with zero attached hydrogens (tertiary/aromatic N) is 6. The van der Waals surface area contributed by atoms with E-state index in [2.05, 4.69) is 30.5 Å². The molecule has 4 heterocycles. The summed E-state index contributed by atoms with van der Waals surface area (Å²) in [6.07, 6.45) is 7.73. The zero-order valence-electron chi connectivity index (χ0n) is 18.2. The Bertz CT molecular complexity index is 1110. The molecule has 0 atom stereocenters. The summed E-state index contributed by atoms with van der Waals surface area (Å²) in [6, 6.07) is 3.81. The number of aryl methyl sites for hydroxylation is 1. The van der Waals surface area contributed by atoms with Crippen LogP contribution in [0.15, 0.2) is 24.7 Å². The van der Waals surface area contributed by atoms with E-state index in [1.54, 1.807) is 18.2 Å². The molecule has 1 saturated carbocycles. The van der Waals surface area contributed by atoms with E-state index >= 15 is 0 Å². The van der Waals surface area contributed by atoms with E-state index in [0.717, 1.165) is 36.9 Å². The van der Waals surface area contributed by atoms with Crippen LogP contribution in [0.4, 0.5) is 11.6 Å². The molecule has 0 saturated heterocycles. The molecule has 32 heavy (non-hydrogen) atoms. The summed E-state index contributed by atoms with van der Waals surface area (Å²) in [5.74, 6) is 2.23. The monoisotopic (exact) mass is 434 g/mol. The summed E-state index contributed by atoms with van der Waals surface area (Å²) < 4.78 is 5.49. The van der Waals surface area contributed by atoms with Crippen LogP contribution < -0.4 is 10.2 Å². The Morgan fingerprint density at radius 1 is 1.12 bits per heavy atom. The topological polar surface area (TPSA) is 122 Å². The van der Waals surface area contributed by atoms with E-state index < -0.39 is 0 Å². The van der Waals surface area contributed by atoms with Gasteiger partial charge in [-0.1, -0.05) is 0 Å². The number of carbonyl (C=O) groups excluding carboxylic acids is 1. The first-order valence-electron chi connectivity index (χ1n) is 10.9. The summed E-state index contributed by atoms with van der Waals surface area (Å²) in [6.45, 7) is 2.81. The quantitative estimate of drug-likeness (QED) is 0.628. The highest BCUT2D eigenvalue weighted by Crippen LogP contribution is 2.33. The van der Waals surface area contributed by atoms with Crippen molar-refractivity contribution in [2.45, 2.75) is 38.7 Å². The van der Waals surface area contributed by atoms with Crippen molar-refractivity contribution < 1.29 is 9.53 Å². The van der Waals surface area contributed by atoms with Crippen molar-refractivity contribution in [2.75, 3.05) is 30.4 Å². The zero-order chi connectivity index (χ0) is 22.1. The fraction of sp³-hybridized carbons (Fsp3) is 0.455. The number of rotatable bonds is 5. The zero-order valence-corrected chi connectivity index (χ0v) is 18.2. The molecule has 2 N–H and O–H groups in total. The third-order valence-electron chi connectivity index (χ3n) is 6.29. The Balaban J connectivity index is 1.42. The average Bonchev–Trinajstić information content (AvgIpc) is 3.36. The predicted molar refractivity (Wildman–Crippen MR) is 119 cm³/mol. The van der Waals surface area contributed by atoms with E-state index in [9.17, 15) is 4.79 Å². The molecule has 0 aromatic carbocycles. The normalized spacial score (nSPS) is 20.7. The number of nitrogens with one attached hydrogen (secondary N) is 2. The second kappa shape index (κ2) is 8.62. The third-order valence-corrected chi connectivity index (χ3v) is 6.29. The lowest BCUT2D eigenvalue weighted by molar-refractivity contribution is -0.117. The van der Waals surface area contributed by atoms with Crippen LogP contribution in [0, 0.1) is 12.8 Å². The van der Waals surface area contributed by atoms with Crippen LogP contribution in [0.25, 0.3) is 22.8 Å². The van der Waals surface area contributed by atoms with Gasteiger partial charge in [-0.05, 0) is 50.7 Å². The van der Waals surface area contributed by atoms with Crippen LogP contribution in [0.1, 0.15) is 31.4 Å². The number of hydrogen-bond acceptors (Lipinski definition) is 8. The first kappa shape index (κ1) is 20.5. The summed E-state index contributed by atoms with van der Waals surface area (Å²) in [5, 5.41) is 9.88. The number of aromatic amines is 1. The molecule has 2 aliphatic rings. The van der Waals surface area contributed by atoms with Crippen molar-refractivity contribution in [3.63, 3.8) is 0 Å². The Morgan fingerprint density at radius 2 is 1.97 bits per heavy atom. The SMILES string of the molecule is CO[C@H]1CC[C@@H](CN2C(=O)CNc3ncc(-c4ccc(-c5nc[nH]n5)nc4C)nc32)CC1. The minimum atomic E-state index is 0.0209. The van der Waals surface area contributed by atoms with Gasteiger partial charge in [0.15, 0.2) is 17.5 Å². The minimum Gasteiger partial charge on any atom is -0.381 e. The third kappa shape index (κ3) is 3.93. The molecular formula is C22H26N8O2. The van der Waals surface area contributed by atoms with Gasteiger partial charge in [-0.25, -0.2) is 19.9 Å². The smallest absolute Gasteiger partial charge is 0.247 e. The van der Waals surface area contributed by atoms with E-state index in [0.29, 0.717) is 47.4 Å². The highest BCUT2D eigenvalue weighted by molar-refractivity contribution is 6.01. The maximum Gasteiger partial charge on any atom is 0.247 e. The van der Waals surface area contributed by atoms with E-state index in [-0.39, 0.29) is 12.5 Å². The summed E-state index contributed by atoms with van der Waals surface area (Å²) in [5.41, 5.74) is 3.02. The lowest BCUT2D eigenvalue weighted by atomic mass is 9.87. The van der Waals surface area contributed by atoms with Crippen LogP contribution in [0.3, 0.4) is 0 Å². The number of H-pyrrole nitrogens is 1. The van der Waals surface area contributed by atoms with Crippen molar-refractivity contribution >= 4 is 17.5 Å². The Labute approximate surface area is 185 Å². The highest BCUT2D eigenvalue weighted by atomic mass is 16.5. The van der Waals surface area contributed by atoms with Gasteiger partial charge >= 0.3 is 0 Å². The minimum absolute atomic E-state index is 0.0209. The molecule has 166 valence electrons. The van der Waals surface area contributed by atoms with Crippen LogP contribution in [-0.4, -0.2) is 62.3 Å². The van der Waals surface area contributed by atoms with Crippen molar-refractivity contribution in [3.05, 3.63) is 30.4 Å². The molecule has 3 aromatic rings. The number of anilines is 2. The molecule has 1 amide bonds. The first-order valence-corrected chi connectivity index (χ1v) is 10.9. The number of pyridine rings is 1. The number of fused-ring (bicyclic) bond motifs is 1. The highest BCUT2D eigenvalue weighted by Gasteiger charge is 2.31. The largest absolute Gasteiger partial charge is 0.381 e. The van der Waals surface area contributed by atoms with Gasteiger partial charge < -0.3 is 10.1 Å². The fourth-order valence-electron chi connectivity index (χ4n) is 4.48. The van der Waals surface area contributed by atoms with Gasteiger partial charge in [0.25, 0.3) is 0 Å². The standard InChI is InChI=1S/C22H26N8O2/c1-13-16(7-8-17(27-13)20-25-12-26-29-20)18-9-23-21-22(28-18)30(19(31)10-24-21)11-14-3-5-15(32-2)6-4-14/h7-9,12,14-15H,3-6,10-11H2,1-2H3,(H,23,24)(H,25,26,29)/t14-,15+. The molecular weight excluding hydrogens is 408 g/mol. The first-order chi connectivity index (χ1) is 15.6. The number of hydrogen-bond donors (Lipinski definition) is 2. The molecule has 1 aliphatic carbocycles. The molecule has 0 radical (unpaired) electrons. The van der Waals surface area contributed by atoms with Crippen LogP contribution in [0.2, 0.25) is 0 Å². The van der Waals surface area contributed by atoms with Crippen molar-refractivity contribution in [2.24, 2.45) is 5.92 Å². The van der Waals surface area contributed by atoms with Crippen LogP contribution in [0.5, 0.6) is 0 Å². The summed E-state index contributed by atoms with van der Waals surface area (Å²) in [7, 11) is 1.77. The Hall–Kier alpha value is -3.40. The number of methoxy groups -OCH3 is 1. The molecule has 3 aromatic heterocycles. The van der Waals surface area contributed by atoms with Gasteiger partial charge in [-0.2, -0.15) is 5.10 Å².